The maximum absolute atomic E-state index is 12.4. The zero-order valence-electron chi connectivity index (χ0n) is 14.8. The number of benzene rings is 2. The van der Waals surface area contributed by atoms with E-state index < -0.39 is 5.91 Å². The topological polar surface area (TPSA) is 105 Å². The second kappa shape index (κ2) is 7.61. The number of hydrazone groups is 1. The molecular weight excluding hydrogens is 346 g/mol. The fraction of sp³-hybridized carbons (Fsp3) is 0.105. The predicted octanol–water partition coefficient (Wildman–Crippen LogP) is 1.66. The van der Waals surface area contributed by atoms with Crippen molar-refractivity contribution in [2.45, 2.75) is 6.92 Å². The first-order valence-corrected chi connectivity index (χ1v) is 8.13. The highest BCUT2D eigenvalue weighted by atomic mass is 16.2. The number of amides is 2. The molecule has 0 atom stereocenters. The van der Waals surface area contributed by atoms with Gasteiger partial charge in [0.25, 0.3) is 11.5 Å². The Bertz CT molecular complexity index is 1100. The molecule has 2 aromatic carbocycles. The normalized spacial score (nSPS) is 10.9. The Hall–Kier alpha value is -3.81. The van der Waals surface area contributed by atoms with Crippen molar-refractivity contribution in [1.82, 2.24) is 15.2 Å². The number of nitrogens with one attached hydrogen (secondary N) is 2. The third-order valence-corrected chi connectivity index (χ3v) is 3.78. The molecule has 0 radical (unpaired) electrons. The molecule has 8 nitrogen and oxygen atoms in total. The van der Waals surface area contributed by atoms with Gasteiger partial charge in [0.05, 0.1) is 11.6 Å². The average molecular weight is 363 g/mol. The van der Waals surface area contributed by atoms with Gasteiger partial charge in [-0.05, 0) is 23.8 Å². The van der Waals surface area contributed by atoms with Crippen LogP contribution in [-0.2, 0) is 11.8 Å². The van der Waals surface area contributed by atoms with E-state index >= 15 is 0 Å². The van der Waals surface area contributed by atoms with Crippen molar-refractivity contribution in [3.8, 4) is 0 Å². The summed E-state index contributed by atoms with van der Waals surface area (Å²) in [6.07, 6.45) is 1.47. The summed E-state index contributed by atoms with van der Waals surface area (Å²) in [7, 11) is 1.49. The number of anilines is 1. The van der Waals surface area contributed by atoms with Crippen LogP contribution in [0, 0.1) is 0 Å². The molecule has 136 valence electrons. The van der Waals surface area contributed by atoms with Crippen LogP contribution in [0.1, 0.15) is 23.0 Å². The second-order valence-corrected chi connectivity index (χ2v) is 5.83. The minimum atomic E-state index is -0.520. The maximum Gasteiger partial charge on any atom is 0.292 e. The Morgan fingerprint density at radius 2 is 1.74 bits per heavy atom. The van der Waals surface area contributed by atoms with E-state index in [0.29, 0.717) is 16.5 Å². The summed E-state index contributed by atoms with van der Waals surface area (Å²) in [6, 6.07) is 13.7. The molecule has 0 unspecified atom stereocenters. The molecule has 0 spiro atoms. The number of aromatic nitrogens is 2. The molecule has 27 heavy (non-hydrogen) atoms. The van der Waals surface area contributed by atoms with Gasteiger partial charge >= 0.3 is 0 Å². The van der Waals surface area contributed by atoms with Crippen molar-refractivity contribution in [3.63, 3.8) is 0 Å². The number of rotatable bonds is 4. The minimum Gasteiger partial charge on any atom is -0.326 e. The van der Waals surface area contributed by atoms with Crippen LogP contribution in [-0.4, -0.2) is 27.8 Å². The van der Waals surface area contributed by atoms with Gasteiger partial charge in [-0.2, -0.15) is 10.2 Å². The fourth-order valence-electron chi connectivity index (χ4n) is 2.54. The number of carbonyl (C=O) groups excluding carboxylic acids is 2. The monoisotopic (exact) mass is 363 g/mol. The number of fused-ring (bicyclic) bond motifs is 1. The maximum atomic E-state index is 12.4. The first kappa shape index (κ1) is 18.0. The van der Waals surface area contributed by atoms with E-state index in [-0.39, 0.29) is 17.2 Å². The highest BCUT2D eigenvalue weighted by Gasteiger charge is 2.14. The Morgan fingerprint density at radius 1 is 1.07 bits per heavy atom. The molecule has 8 heteroatoms. The SMILES string of the molecule is CC(=O)Nc1ccc(C=NNC(=O)c2nn(C)c(=O)c3ccccc23)cc1. The molecule has 0 saturated heterocycles. The quantitative estimate of drug-likeness (QED) is 0.543. The van der Waals surface area contributed by atoms with Crippen LogP contribution in [0.2, 0.25) is 0 Å². The third-order valence-electron chi connectivity index (χ3n) is 3.78. The van der Waals surface area contributed by atoms with E-state index in [9.17, 15) is 14.4 Å². The Labute approximate surface area is 154 Å². The van der Waals surface area contributed by atoms with Gasteiger partial charge in [0.1, 0.15) is 0 Å². The second-order valence-electron chi connectivity index (χ2n) is 5.83. The molecule has 2 N–H and O–H groups in total. The molecule has 0 saturated carbocycles. The molecule has 0 aliphatic rings. The van der Waals surface area contributed by atoms with Crippen molar-refractivity contribution >= 4 is 34.5 Å². The molecule has 0 bridgehead atoms. The zero-order valence-corrected chi connectivity index (χ0v) is 14.8. The van der Waals surface area contributed by atoms with Crippen molar-refractivity contribution in [3.05, 3.63) is 70.1 Å². The van der Waals surface area contributed by atoms with Crippen molar-refractivity contribution in [2.24, 2.45) is 12.1 Å². The largest absolute Gasteiger partial charge is 0.326 e. The molecule has 1 heterocycles. The lowest BCUT2D eigenvalue weighted by Crippen LogP contribution is -2.27. The summed E-state index contributed by atoms with van der Waals surface area (Å²) in [6.45, 7) is 1.43. The standard InChI is InChI=1S/C19H17N5O3/c1-12(25)21-14-9-7-13(8-10-14)11-20-22-18(26)17-15-5-3-4-6-16(15)19(27)24(2)23-17/h3-11H,1-2H3,(H,21,25)(H,22,26). The molecule has 0 aliphatic carbocycles. The highest BCUT2D eigenvalue weighted by molar-refractivity contribution is 6.05. The molecular formula is C19H17N5O3. The van der Waals surface area contributed by atoms with Gasteiger partial charge in [-0.15, -0.1) is 0 Å². The van der Waals surface area contributed by atoms with Crippen molar-refractivity contribution < 1.29 is 9.59 Å². The average Bonchev–Trinajstić information content (AvgIpc) is 2.65. The molecule has 1 aromatic heterocycles. The smallest absolute Gasteiger partial charge is 0.292 e. The minimum absolute atomic E-state index is 0.117. The Morgan fingerprint density at radius 3 is 2.41 bits per heavy atom. The van der Waals surface area contributed by atoms with E-state index in [1.165, 1.54) is 20.2 Å². The van der Waals surface area contributed by atoms with Crippen LogP contribution in [0.25, 0.3) is 10.8 Å². The van der Waals surface area contributed by atoms with Crippen LogP contribution in [0.4, 0.5) is 5.69 Å². The van der Waals surface area contributed by atoms with Crippen LogP contribution in [0.15, 0.2) is 58.4 Å². The van der Waals surface area contributed by atoms with Gasteiger partial charge in [-0.1, -0.05) is 30.3 Å². The zero-order chi connectivity index (χ0) is 19.4. The van der Waals surface area contributed by atoms with Gasteiger partial charge in [0.2, 0.25) is 5.91 Å². The van der Waals surface area contributed by atoms with Crippen LogP contribution < -0.4 is 16.3 Å². The van der Waals surface area contributed by atoms with Gasteiger partial charge < -0.3 is 5.32 Å². The van der Waals surface area contributed by atoms with Crippen LogP contribution in [0.3, 0.4) is 0 Å². The molecule has 3 aromatic rings. The van der Waals surface area contributed by atoms with Crippen molar-refractivity contribution in [2.75, 3.05) is 5.32 Å². The summed E-state index contributed by atoms with van der Waals surface area (Å²) < 4.78 is 1.13. The van der Waals surface area contributed by atoms with E-state index in [1.807, 2.05) is 0 Å². The van der Waals surface area contributed by atoms with E-state index in [1.54, 1.807) is 48.5 Å². The number of nitrogens with zero attached hydrogens (tertiary/aromatic N) is 3. The molecule has 0 aliphatic heterocycles. The lowest BCUT2D eigenvalue weighted by molar-refractivity contribution is -0.114. The van der Waals surface area contributed by atoms with Gasteiger partial charge in [0.15, 0.2) is 5.69 Å². The summed E-state index contributed by atoms with van der Waals surface area (Å²) in [5.74, 6) is -0.673. The van der Waals surface area contributed by atoms with Crippen molar-refractivity contribution in [1.29, 1.82) is 0 Å². The molecule has 3 rings (SSSR count). The number of hydrogen-bond donors (Lipinski definition) is 2. The van der Waals surface area contributed by atoms with E-state index in [0.717, 1.165) is 10.2 Å². The number of carbonyl (C=O) groups is 2. The van der Waals surface area contributed by atoms with Gasteiger partial charge in [-0.3, -0.25) is 14.4 Å². The first-order chi connectivity index (χ1) is 13.0. The predicted molar refractivity (Wildman–Crippen MR) is 103 cm³/mol. The van der Waals surface area contributed by atoms with Gasteiger partial charge in [0, 0.05) is 25.0 Å². The summed E-state index contributed by atoms with van der Waals surface area (Å²) in [5, 5.41) is 11.5. The van der Waals surface area contributed by atoms with Gasteiger partial charge in [-0.25, -0.2) is 10.1 Å². The third kappa shape index (κ3) is 4.06. The van der Waals surface area contributed by atoms with Crippen LogP contribution >= 0.6 is 0 Å². The number of hydrogen-bond acceptors (Lipinski definition) is 5. The summed E-state index contributed by atoms with van der Waals surface area (Å²) in [4.78, 5) is 35.6. The lowest BCUT2D eigenvalue weighted by atomic mass is 10.1. The summed E-state index contributed by atoms with van der Waals surface area (Å²) in [5.41, 5.74) is 3.67. The molecule has 0 fully saturated rings. The Balaban J connectivity index is 1.77. The summed E-state index contributed by atoms with van der Waals surface area (Å²) >= 11 is 0. The van der Waals surface area contributed by atoms with Crippen LogP contribution in [0.5, 0.6) is 0 Å². The van der Waals surface area contributed by atoms with E-state index in [2.05, 4.69) is 20.9 Å². The lowest BCUT2D eigenvalue weighted by Gasteiger charge is -2.06. The first-order valence-electron chi connectivity index (χ1n) is 8.13. The fourth-order valence-corrected chi connectivity index (χ4v) is 2.54. The highest BCUT2D eigenvalue weighted by Crippen LogP contribution is 2.13. The van der Waals surface area contributed by atoms with E-state index in [4.69, 9.17) is 0 Å². The Kier molecular flexibility index (Phi) is 5.07. The molecule has 2 amide bonds. The number of aryl methyl sites for hydroxylation is 1.